The van der Waals surface area contributed by atoms with Gasteiger partial charge in [0.2, 0.25) is 5.91 Å². The Hall–Kier alpha value is -1.92. The van der Waals surface area contributed by atoms with Gasteiger partial charge in [0, 0.05) is 10.6 Å². The van der Waals surface area contributed by atoms with Gasteiger partial charge in [-0.15, -0.1) is 0 Å². The van der Waals surface area contributed by atoms with Crippen LogP contribution in [0.2, 0.25) is 5.02 Å². The summed E-state index contributed by atoms with van der Waals surface area (Å²) in [6.07, 6.45) is 0.0174. The monoisotopic (exact) mass is 322 g/mol. The van der Waals surface area contributed by atoms with Gasteiger partial charge in [-0.25, -0.2) is 9.67 Å². The number of benzene rings is 1. The molecular formula is C15H19ClN4O2. The second kappa shape index (κ2) is 6.89. The number of carbonyl (C=O) groups is 1. The van der Waals surface area contributed by atoms with Gasteiger partial charge in [0.15, 0.2) is 11.6 Å². The summed E-state index contributed by atoms with van der Waals surface area (Å²) >= 11 is 6.16. The molecule has 6 nitrogen and oxygen atoms in total. The topological polar surface area (TPSA) is 94.0 Å². The van der Waals surface area contributed by atoms with Crippen LogP contribution in [0.15, 0.2) is 18.2 Å². The van der Waals surface area contributed by atoms with Crippen molar-refractivity contribution in [1.82, 2.24) is 14.8 Å². The molecule has 7 heteroatoms. The van der Waals surface area contributed by atoms with E-state index in [0.29, 0.717) is 29.6 Å². The number of halogens is 1. The highest BCUT2D eigenvalue weighted by Crippen LogP contribution is 2.24. The predicted molar refractivity (Wildman–Crippen MR) is 84.4 cm³/mol. The molecule has 1 unspecified atom stereocenters. The Kier molecular flexibility index (Phi) is 5.15. The number of nitrogens with zero attached hydrogens (tertiary/aromatic N) is 3. The van der Waals surface area contributed by atoms with Crippen molar-refractivity contribution in [3.05, 3.63) is 34.6 Å². The van der Waals surface area contributed by atoms with E-state index in [1.807, 2.05) is 26.0 Å². The third-order valence-corrected chi connectivity index (χ3v) is 3.74. The number of hydrogen-bond acceptors (Lipinski definition) is 4. The molecule has 0 saturated heterocycles. The lowest BCUT2D eigenvalue weighted by atomic mass is 10.1. The van der Waals surface area contributed by atoms with E-state index < -0.39 is 12.0 Å². The van der Waals surface area contributed by atoms with E-state index in [1.54, 1.807) is 10.7 Å². The third-order valence-electron chi connectivity index (χ3n) is 3.33. The summed E-state index contributed by atoms with van der Waals surface area (Å²) in [7, 11) is 0. The lowest BCUT2D eigenvalue weighted by molar-refractivity contribution is -0.117. The number of carbonyl (C=O) groups excluding carboxylic acids is 1. The van der Waals surface area contributed by atoms with Gasteiger partial charge in [0.25, 0.3) is 0 Å². The number of rotatable bonds is 6. The van der Waals surface area contributed by atoms with Crippen LogP contribution in [0.25, 0.3) is 11.4 Å². The third kappa shape index (κ3) is 3.84. The summed E-state index contributed by atoms with van der Waals surface area (Å²) in [4.78, 5) is 15.4. The fraction of sp³-hybridized carbons (Fsp3) is 0.400. The SMILES string of the molecule is CCC(O)Cn1nc(CC(N)=O)nc1-c1ccc(C)c(Cl)c1. The van der Waals surface area contributed by atoms with E-state index in [-0.39, 0.29) is 6.42 Å². The second-order valence-electron chi connectivity index (χ2n) is 5.20. The maximum atomic E-state index is 11.1. The first kappa shape index (κ1) is 16.5. The van der Waals surface area contributed by atoms with Crippen molar-refractivity contribution in [2.75, 3.05) is 0 Å². The molecule has 1 aromatic carbocycles. The Morgan fingerprint density at radius 2 is 2.23 bits per heavy atom. The summed E-state index contributed by atoms with van der Waals surface area (Å²) in [5.74, 6) is 0.398. The molecule has 0 fully saturated rings. The minimum atomic E-state index is -0.539. The molecule has 1 aromatic heterocycles. The van der Waals surface area contributed by atoms with Gasteiger partial charge in [-0.3, -0.25) is 4.79 Å². The molecule has 0 spiro atoms. The van der Waals surface area contributed by atoms with E-state index in [9.17, 15) is 9.90 Å². The van der Waals surface area contributed by atoms with Crippen LogP contribution < -0.4 is 5.73 Å². The smallest absolute Gasteiger partial charge is 0.225 e. The summed E-state index contributed by atoms with van der Waals surface area (Å²) in [6, 6.07) is 5.57. The van der Waals surface area contributed by atoms with Crippen molar-refractivity contribution in [2.45, 2.75) is 39.3 Å². The number of amides is 1. The second-order valence-corrected chi connectivity index (χ2v) is 5.61. The van der Waals surface area contributed by atoms with E-state index >= 15 is 0 Å². The zero-order valence-corrected chi connectivity index (χ0v) is 13.3. The van der Waals surface area contributed by atoms with Gasteiger partial charge in [-0.2, -0.15) is 5.10 Å². The largest absolute Gasteiger partial charge is 0.391 e. The van der Waals surface area contributed by atoms with Crippen molar-refractivity contribution < 1.29 is 9.90 Å². The highest BCUT2D eigenvalue weighted by molar-refractivity contribution is 6.31. The summed E-state index contributed by atoms with van der Waals surface area (Å²) < 4.78 is 1.59. The van der Waals surface area contributed by atoms with Crippen molar-refractivity contribution in [3.63, 3.8) is 0 Å². The van der Waals surface area contributed by atoms with Gasteiger partial charge in [-0.05, 0) is 25.0 Å². The highest BCUT2D eigenvalue weighted by Gasteiger charge is 2.16. The van der Waals surface area contributed by atoms with Crippen molar-refractivity contribution in [1.29, 1.82) is 0 Å². The summed E-state index contributed by atoms with van der Waals surface area (Å²) in [5, 5.41) is 14.8. The molecule has 0 radical (unpaired) electrons. The number of aryl methyl sites for hydroxylation is 1. The van der Waals surface area contributed by atoms with E-state index in [2.05, 4.69) is 10.1 Å². The molecule has 22 heavy (non-hydrogen) atoms. The standard InChI is InChI=1S/C15H19ClN4O2/c1-3-11(21)8-20-15(18-14(19-20)7-13(17)22)10-5-4-9(2)12(16)6-10/h4-6,11,21H,3,7-8H2,1-2H3,(H2,17,22). The quantitative estimate of drug-likeness (QED) is 0.846. The van der Waals surface area contributed by atoms with Gasteiger partial charge in [0.1, 0.15) is 0 Å². The van der Waals surface area contributed by atoms with Crippen LogP contribution in [0.3, 0.4) is 0 Å². The molecule has 0 aliphatic carbocycles. The maximum Gasteiger partial charge on any atom is 0.225 e. The van der Waals surface area contributed by atoms with Crippen molar-refractivity contribution >= 4 is 17.5 Å². The van der Waals surface area contributed by atoms with Gasteiger partial charge in [-0.1, -0.05) is 30.7 Å². The molecule has 0 aliphatic rings. The lowest BCUT2D eigenvalue weighted by Gasteiger charge is -2.10. The number of hydrogen-bond donors (Lipinski definition) is 2. The van der Waals surface area contributed by atoms with Gasteiger partial charge in [0.05, 0.1) is 19.1 Å². The number of primary amides is 1. The summed E-state index contributed by atoms with van der Waals surface area (Å²) in [5.41, 5.74) is 6.94. The van der Waals surface area contributed by atoms with Crippen molar-refractivity contribution in [2.24, 2.45) is 5.73 Å². The van der Waals surface area contributed by atoms with Gasteiger partial charge < -0.3 is 10.8 Å². The Bertz CT molecular complexity index is 684. The Morgan fingerprint density at radius 1 is 1.50 bits per heavy atom. The number of aliphatic hydroxyl groups excluding tert-OH is 1. The van der Waals surface area contributed by atoms with Crippen LogP contribution in [0.4, 0.5) is 0 Å². The van der Waals surface area contributed by atoms with Crippen molar-refractivity contribution in [3.8, 4) is 11.4 Å². The first-order chi connectivity index (χ1) is 10.4. The number of aromatic nitrogens is 3. The molecular weight excluding hydrogens is 304 g/mol. The molecule has 0 bridgehead atoms. The first-order valence-corrected chi connectivity index (χ1v) is 7.45. The van der Waals surface area contributed by atoms with E-state index in [4.69, 9.17) is 17.3 Å². The minimum Gasteiger partial charge on any atom is -0.391 e. The van der Waals surface area contributed by atoms with Crippen LogP contribution in [-0.4, -0.2) is 31.9 Å². The average molecular weight is 323 g/mol. The lowest BCUT2D eigenvalue weighted by Crippen LogP contribution is -2.18. The Labute approximate surface area is 133 Å². The molecule has 3 N–H and O–H groups in total. The normalized spacial score (nSPS) is 12.4. The zero-order chi connectivity index (χ0) is 16.3. The zero-order valence-electron chi connectivity index (χ0n) is 12.6. The predicted octanol–water partition coefficient (Wildman–Crippen LogP) is 1.71. The van der Waals surface area contributed by atoms with E-state index in [0.717, 1.165) is 11.1 Å². The maximum absolute atomic E-state index is 11.1. The molecule has 2 rings (SSSR count). The number of aliphatic hydroxyl groups is 1. The highest BCUT2D eigenvalue weighted by atomic mass is 35.5. The summed E-state index contributed by atoms with van der Waals surface area (Å²) in [6.45, 7) is 4.09. The van der Waals surface area contributed by atoms with Crippen LogP contribution >= 0.6 is 11.6 Å². The van der Waals surface area contributed by atoms with Crippen LogP contribution in [-0.2, 0) is 17.8 Å². The van der Waals surface area contributed by atoms with Crippen LogP contribution in [0, 0.1) is 6.92 Å². The molecule has 1 amide bonds. The fourth-order valence-electron chi connectivity index (χ4n) is 2.02. The fourth-order valence-corrected chi connectivity index (χ4v) is 2.20. The van der Waals surface area contributed by atoms with Crippen LogP contribution in [0.5, 0.6) is 0 Å². The molecule has 118 valence electrons. The Balaban J connectivity index is 2.44. The van der Waals surface area contributed by atoms with Crippen LogP contribution in [0.1, 0.15) is 24.7 Å². The average Bonchev–Trinajstić information content (AvgIpc) is 2.83. The van der Waals surface area contributed by atoms with E-state index in [1.165, 1.54) is 0 Å². The first-order valence-electron chi connectivity index (χ1n) is 7.07. The molecule has 0 aliphatic heterocycles. The Morgan fingerprint density at radius 3 is 2.82 bits per heavy atom. The molecule has 2 aromatic rings. The molecule has 1 atom stereocenters. The molecule has 1 heterocycles. The minimum absolute atomic E-state index is 0.0399. The molecule has 0 saturated carbocycles. The van der Waals surface area contributed by atoms with Gasteiger partial charge >= 0.3 is 0 Å². The number of nitrogens with two attached hydrogens (primary N) is 1.